The van der Waals surface area contributed by atoms with Crippen molar-refractivity contribution in [2.24, 2.45) is 21.1 Å². The molecule has 336 valence electrons. The molecule has 64 heavy (non-hydrogen) atoms. The Bertz CT molecular complexity index is 2640. The second-order valence-corrected chi connectivity index (χ2v) is 16.5. The predicted molar refractivity (Wildman–Crippen MR) is 244 cm³/mol. The van der Waals surface area contributed by atoms with E-state index in [1.54, 1.807) is 68.5 Å². The number of likely N-dealkylation sites (tertiary alicyclic amines) is 1. The number of phenolic OH excluding ortho intramolecular Hbond substituents is 1. The molecule has 0 radical (unpaired) electrons. The van der Waals surface area contributed by atoms with Gasteiger partial charge in [0.1, 0.15) is 35.1 Å². The minimum Gasteiger partial charge on any atom is -0.508 e. The molecule has 0 spiro atoms. The van der Waals surface area contributed by atoms with Gasteiger partial charge in [0.2, 0.25) is 0 Å². The number of hydrogen-bond donors (Lipinski definition) is 2. The molecular formula is C48H56N8O8. The number of ether oxygens (including phenoxy) is 3. The van der Waals surface area contributed by atoms with E-state index in [9.17, 15) is 19.2 Å². The fraction of sp³-hybridized carbons (Fsp3) is 0.354. The van der Waals surface area contributed by atoms with Crippen LogP contribution in [0.15, 0.2) is 124 Å². The lowest BCUT2D eigenvalue weighted by atomic mass is 10.1. The van der Waals surface area contributed by atoms with E-state index in [2.05, 4.69) is 20.6 Å². The van der Waals surface area contributed by atoms with Gasteiger partial charge in [0.05, 0.1) is 17.1 Å². The molecule has 6 aromatic rings. The van der Waals surface area contributed by atoms with Gasteiger partial charge in [-0.25, -0.2) is 18.8 Å². The zero-order valence-corrected chi connectivity index (χ0v) is 37.1. The van der Waals surface area contributed by atoms with Gasteiger partial charge >= 0.3 is 6.09 Å². The lowest BCUT2D eigenvalue weighted by molar-refractivity contribution is 0.0126. The maximum atomic E-state index is 12.1. The molecule has 3 aromatic heterocycles. The van der Waals surface area contributed by atoms with Crippen LogP contribution in [0.5, 0.6) is 17.2 Å². The van der Waals surface area contributed by atoms with Gasteiger partial charge in [0, 0.05) is 82.0 Å². The molecule has 16 nitrogen and oxygen atoms in total. The van der Waals surface area contributed by atoms with Crippen LogP contribution in [0.3, 0.4) is 0 Å². The van der Waals surface area contributed by atoms with E-state index < -0.39 is 5.60 Å². The minimum atomic E-state index is -0.480. The lowest BCUT2D eigenvalue weighted by Crippen LogP contribution is -2.44. The Morgan fingerprint density at radius 3 is 1.28 bits per heavy atom. The highest BCUT2D eigenvalue weighted by Crippen LogP contribution is 2.25. The van der Waals surface area contributed by atoms with Crippen LogP contribution in [0.25, 0.3) is 33.8 Å². The van der Waals surface area contributed by atoms with Crippen LogP contribution < -0.4 is 31.5 Å². The van der Waals surface area contributed by atoms with Gasteiger partial charge in [-0.3, -0.25) is 14.4 Å². The molecule has 5 heterocycles. The quantitative estimate of drug-likeness (QED) is 0.192. The molecule has 2 saturated heterocycles. The van der Waals surface area contributed by atoms with Gasteiger partial charge in [-0.1, -0.05) is 0 Å². The van der Waals surface area contributed by atoms with Crippen molar-refractivity contribution >= 4 is 6.09 Å². The smallest absolute Gasteiger partial charge is 0.410 e. The Kier molecular flexibility index (Phi) is 15.5. The molecule has 0 unspecified atom stereocenters. The zero-order chi connectivity index (χ0) is 45.8. The summed E-state index contributed by atoms with van der Waals surface area (Å²) in [6, 6.07) is 31.8. The van der Waals surface area contributed by atoms with E-state index in [-0.39, 0.29) is 34.6 Å². The summed E-state index contributed by atoms with van der Waals surface area (Å²) in [5, 5.41) is 25.0. The third kappa shape index (κ3) is 13.5. The number of rotatable bonds is 7. The van der Waals surface area contributed by atoms with Gasteiger partial charge < -0.3 is 29.5 Å². The van der Waals surface area contributed by atoms with Crippen LogP contribution in [-0.4, -0.2) is 89.4 Å². The van der Waals surface area contributed by atoms with Crippen molar-refractivity contribution in [3.63, 3.8) is 0 Å². The number of aryl methyl sites for hydroxylation is 3. The van der Waals surface area contributed by atoms with Crippen molar-refractivity contribution in [2.75, 3.05) is 26.2 Å². The van der Waals surface area contributed by atoms with E-state index in [1.165, 1.54) is 32.2 Å². The maximum absolute atomic E-state index is 12.1. The summed E-state index contributed by atoms with van der Waals surface area (Å²) < 4.78 is 21.4. The van der Waals surface area contributed by atoms with Crippen LogP contribution >= 0.6 is 0 Å². The molecule has 2 aliphatic heterocycles. The maximum Gasteiger partial charge on any atom is 0.410 e. The Morgan fingerprint density at radius 2 is 0.922 bits per heavy atom. The van der Waals surface area contributed by atoms with Gasteiger partial charge in [-0.15, -0.1) is 0 Å². The van der Waals surface area contributed by atoms with E-state index in [0.717, 1.165) is 78.4 Å². The molecule has 16 heteroatoms. The van der Waals surface area contributed by atoms with Crippen molar-refractivity contribution < 1.29 is 24.1 Å². The van der Waals surface area contributed by atoms with Gasteiger partial charge in [0.25, 0.3) is 16.7 Å². The van der Waals surface area contributed by atoms with E-state index >= 15 is 0 Å². The Hall–Kier alpha value is -7.07. The number of nitrogens with one attached hydrogen (secondary N) is 1. The molecule has 0 atom stereocenters. The first-order chi connectivity index (χ1) is 30.6. The summed E-state index contributed by atoms with van der Waals surface area (Å²) in [6.07, 6.45) is 3.73. The summed E-state index contributed by atoms with van der Waals surface area (Å²) in [7, 11) is 4.89. The molecule has 1 amide bonds. The monoisotopic (exact) mass is 872 g/mol. The first-order valence-electron chi connectivity index (χ1n) is 21.3. The fourth-order valence-electron chi connectivity index (χ4n) is 6.79. The number of carbonyl (C=O) groups excluding carboxylic acids is 1. The van der Waals surface area contributed by atoms with Crippen LogP contribution in [0.1, 0.15) is 46.5 Å². The number of piperidine rings is 2. The standard InChI is InChI=1S/C21H27N3O4.C16H19N3O2.C11H10N2O2/c1-21(2,3)28-20(26)24-13-11-17(12-14-24)27-16-7-5-15(6-8-16)18-9-10-19(25)23(4)22-18;1-19-16(20)7-6-15(18-19)12-2-4-13(5-3-12)21-14-8-10-17-11-9-14;1-13-11(15)7-6-10(12-13)8-2-4-9(14)5-3-8/h5-10,17H,11-14H2,1-4H3;2-7,14,17H,8-11H2,1H3;2-7,14H,1H3. The predicted octanol–water partition coefficient (Wildman–Crippen LogP) is 5.96. The number of amides is 1. The van der Waals surface area contributed by atoms with Crippen LogP contribution in [0.4, 0.5) is 4.79 Å². The van der Waals surface area contributed by atoms with E-state index in [0.29, 0.717) is 24.9 Å². The highest BCUT2D eigenvalue weighted by atomic mass is 16.6. The Balaban J connectivity index is 0.000000167. The summed E-state index contributed by atoms with van der Waals surface area (Å²) in [6.45, 7) is 8.90. The fourth-order valence-corrected chi connectivity index (χ4v) is 6.79. The molecular weight excluding hydrogens is 817 g/mol. The second kappa shape index (κ2) is 21.3. The third-order valence-electron chi connectivity index (χ3n) is 10.3. The highest BCUT2D eigenvalue weighted by Gasteiger charge is 2.27. The molecule has 2 fully saturated rings. The third-order valence-corrected chi connectivity index (χ3v) is 10.3. The number of benzene rings is 3. The molecule has 0 bridgehead atoms. The number of phenols is 1. The topological polar surface area (TPSA) is 185 Å². The van der Waals surface area contributed by atoms with Crippen molar-refractivity contribution in [3.8, 4) is 51.0 Å². The van der Waals surface area contributed by atoms with Crippen molar-refractivity contribution in [1.82, 2.24) is 39.6 Å². The normalized spacial score (nSPS) is 14.3. The minimum absolute atomic E-state index is 0.0696. The molecule has 0 saturated carbocycles. The zero-order valence-electron chi connectivity index (χ0n) is 37.1. The largest absolute Gasteiger partial charge is 0.508 e. The second-order valence-electron chi connectivity index (χ2n) is 16.5. The van der Waals surface area contributed by atoms with Crippen molar-refractivity contribution in [1.29, 1.82) is 0 Å². The number of aromatic nitrogens is 6. The number of aromatic hydroxyl groups is 1. The van der Waals surface area contributed by atoms with Crippen LogP contribution in [-0.2, 0) is 25.9 Å². The summed E-state index contributed by atoms with van der Waals surface area (Å²) in [5.74, 6) is 1.88. The lowest BCUT2D eigenvalue weighted by Gasteiger charge is -2.33. The average molecular weight is 873 g/mol. The summed E-state index contributed by atoms with van der Waals surface area (Å²) in [4.78, 5) is 47.8. The van der Waals surface area contributed by atoms with Crippen LogP contribution in [0, 0.1) is 0 Å². The SMILES string of the molecule is Cn1nc(-c2ccc(O)cc2)ccc1=O.Cn1nc(-c2ccc(OC3CCN(C(=O)OC(C)(C)C)CC3)cc2)ccc1=O.Cn1nc(-c2ccc(OC3CCNCC3)cc2)ccc1=O. The number of nitrogens with zero attached hydrogens (tertiary/aromatic N) is 7. The number of carbonyl (C=O) groups is 1. The molecule has 2 N–H and O–H groups in total. The first kappa shape index (κ1) is 46.4. The van der Waals surface area contributed by atoms with Gasteiger partial charge in [-0.2, -0.15) is 15.3 Å². The summed E-state index contributed by atoms with van der Waals surface area (Å²) in [5.41, 5.74) is 4.12. The summed E-state index contributed by atoms with van der Waals surface area (Å²) >= 11 is 0. The molecule has 3 aromatic carbocycles. The van der Waals surface area contributed by atoms with Gasteiger partial charge in [0.15, 0.2) is 0 Å². The average Bonchev–Trinajstić information content (AvgIpc) is 3.28. The van der Waals surface area contributed by atoms with E-state index in [4.69, 9.17) is 19.3 Å². The Labute approximate surface area is 371 Å². The first-order valence-corrected chi connectivity index (χ1v) is 21.3. The molecule has 2 aliphatic rings. The molecule has 8 rings (SSSR count). The van der Waals surface area contributed by atoms with Crippen LogP contribution in [0.2, 0.25) is 0 Å². The van der Waals surface area contributed by atoms with Crippen molar-refractivity contribution in [3.05, 3.63) is 140 Å². The van der Waals surface area contributed by atoms with Gasteiger partial charge in [-0.05, 0) is 138 Å². The Morgan fingerprint density at radius 1 is 0.562 bits per heavy atom. The van der Waals surface area contributed by atoms with Crippen molar-refractivity contribution in [2.45, 2.75) is 64.3 Å². The molecule has 0 aliphatic carbocycles. The number of hydrogen-bond acceptors (Lipinski definition) is 12. The van der Waals surface area contributed by atoms with E-state index in [1.807, 2.05) is 69.3 Å². The highest BCUT2D eigenvalue weighted by molar-refractivity contribution is 5.68.